The minimum atomic E-state index is -3.53. The van der Waals surface area contributed by atoms with Crippen molar-refractivity contribution < 1.29 is 16.8 Å². The fourth-order valence-corrected chi connectivity index (χ4v) is 5.41. The fourth-order valence-electron chi connectivity index (χ4n) is 3.05. The van der Waals surface area contributed by atoms with Gasteiger partial charge in [-0.2, -0.15) is 4.31 Å². The number of piperazine rings is 1. The summed E-state index contributed by atoms with van der Waals surface area (Å²) in [5.74, 6) is 0. The summed E-state index contributed by atoms with van der Waals surface area (Å²) in [6.45, 7) is 2.48. The first-order valence-electron chi connectivity index (χ1n) is 8.85. The molecule has 0 unspecified atom stereocenters. The van der Waals surface area contributed by atoms with E-state index in [2.05, 4.69) is 9.88 Å². The number of sulfonamides is 2. The molecule has 0 amide bonds. The Bertz CT molecular complexity index is 1020. The van der Waals surface area contributed by atoms with Crippen LogP contribution in [0.5, 0.6) is 0 Å². The van der Waals surface area contributed by atoms with Gasteiger partial charge >= 0.3 is 0 Å². The number of benzene rings is 1. The second-order valence-corrected chi connectivity index (χ2v) is 10.9. The van der Waals surface area contributed by atoms with Crippen LogP contribution >= 0.6 is 0 Å². The summed E-state index contributed by atoms with van der Waals surface area (Å²) in [6, 6.07) is 10.0. The Kier molecular flexibility index (Phi) is 6.15. The van der Waals surface area contributed by atoms with Gasteiger partial charge < -0.3 is 0 Å². The molecule has 152 valence electrons. The minimum absolute atomic E-state index is 0.199. The number of nitrogens with zero attached hydrogens (tertiary/aromatic N) is 4. The lowest BCUT2D eigenvalue weighted by Crippen LogP contribution is -2.48. The van der Waals surface area contributed by atoms with Crippen LogP contribution in [-0.4, -0.2) is 75.6 Å². The van der Waals surface area contributed by atoms with E-state index in [0.717, 1.165) is 5.56 Å². The van der Waals surface area contributed by atoms with Crippen LogP contribution in [0.1, 0.15) is 5.56 Å². The second-order valence-electron chi connectivity index (χ2n) is 6.80. The van der Waals surface area contributed by atoms with Crippen molar-refractivity contribution >= 4 is 20.0 Å². The summed E-state index contributed by atoms with van der Waals surface area (Å²) in [4.78, 5) is 6.47. The Morgan fingerprint density at radius 2 is 1.64 bits per heavy atom. The van der Waals surface area contributed by atoms with E-state index >= 15 is 0 Å². The first-order chi connectivity index (χ1) is 13.2. The molecule has 28 heavy (non-hydrogen) atoms. The van der Waals surface area contributed by atoms with Gasteiger partial charge in [-0.1, -0.05) is 12.1 Å². The Hall–Kier alpha value is -1.85. The maximum absolute atomic E-state index is 12.7. The lowest BCUT2D eigenvalue weighted by Gasteiger charge is -2.34. The van der Waals surface area contributed by atoms with Crippen LogP contribution in [0.3, 0.4) is 0 Å². The predicted molar refractivity (Wildman–Crippen MR) is 106 cm³/mol. The van der Waals surface area contributed by atoms with Crippen molar-refractivity contribution in [1.29, 1.82) is 0 Å². The highest BCUT2D eigenvalue weighted by Gasteiger charge is 2.28. The number of hydrogen-bond donors (Lipinski definition) is 0. The fraction of sp³-hybridized carbons (Fsp3) is 0.389. The van der Waals surface area contributed by atoms with E-state index in [-0.39, 0.29) is 9.79 Å². The molecule has 1 saturated heterocycles. The minimum Gasteiger partial charge on any atom is -0.296 e. The zero-order valence-electron chi connectivity index (χ0n) is 15.9. The number of hydrogen-bond acceptors (Lipinski definition) is 6. The van der Waals surface area contributed by atoms with E-state index < -0.39 is 20.0 Å². The molecule has 2 aromatic rings. The van der Waals surface area contributed by atoms with E-state index in [4.69, 9.17) is 0 Å². The first-order valence-corrected chi connectivity index (χ1v) is 11.7. The number of aromatic nitrogens is 1. The average molecular weight is 425 g/mol. The van der Waals surface area contributed by atoms with E-state index in [1.807, 2.05) is 6.07 Å². The quantitative estimate of drug-likeness (QED) is 0.683. The highest BCUT2D eigenvalue weighted by atomic mass is 32.2. The molecule has 0 bridgehead atoms. The van der Waals surface area contributed by atoms with Gasteiger partial charge in [-0.05, 0) is 29.8 Å². The predicted octanol–water partition coefficient (Wildman–Crippen LogP) is 0.838. The molecule has 10 heteroatoms. The summed E-state index contributed by atoms with van der Waals surface area (Å²) in [6.07, 6.45) is 2.90. The van der Waals surface area contributed by atoms with E-state index in [1.54, 1.807) is 36.5 Å². The molecule has 0 N–H and O–H groups in total. The first kappa shape index (κ1) is 20.9. The van der Waals surface area contributed by atoms with Crippen molar-refractivity contribution in [2.45, 2.75) is 16.3 Å². The van der Waals surface area contributed by atoms with Crippen LogP contribution in [0.25, 0.3) is 0 Å². The third-order valence-corrected chi connectivity index (χ3v) is 8.38. The molecule has 0 radical (unpaired) electrons. The van der Waals surface area contributed by atoms with E-state index in [9.17, 15) is 16.8 Å². The molecule has 2 heterocycles. The third-order valence-electron chi connectivity index (χ3n) is 4.69. The average Bonchev–Trinajstić information content (AvgIpc) is 2.69. The smallest absolute Gasteiger partial charge is 0.244 e. The van der Waals surface area contributed by atoms with E-state index in [0.29, 0.717) is 32.7 Å². The molecule has 1 aromatic heterocycles. The molecule has 1 aromatic carbocycles. The van der Waals surface area contributed by atoms with Gasteiger partial charge in [-0.15, -0.1) is 0 Å². The van der Waals surface area contributed by atoms with Crippen LogP contribution in [0, 0.1) is 0 Å². The standard InChI is InChI=1S/C18H24N4O4S2/c1-20(2)27(23,24)17-6-3-5-16(13-17)15-21-9-11-22(12-10-21)28(25,26)18-7-4-8-19-14-18/h3-8,13-14H,9-12,15H2,1-2H3. The topological polar surface area (TPSA) is 90.9 Å². The molecule has 1 aliphatic rings. The molecular weight excluding hydrogens is 400 g/mol. The van der Waals surface area contributed by atoms with Gasteiger partial charge in [-0.25, -0.2) is 21.1 Å². The largest absolute Gasteiger partial charge is 0.296 e. The number of pyridine rings is 1. The highest BCUT2D eigenvalue weighted by molar-refractivity contribution is 7.89. The van der Waals surface area contributed by atoms with Crippen LogP contribution in [-0.2, 0) is 26.6 Å². The van der Waals surface area contributed by atoms with Crippen molar-refractivity contribution in [3.63, 3.8) is 0 Å². The zero-order chi connectivity index (χ0) is 20.4. The number of rotatable bonds is 6. The van der Waals surface area contributed by atoms with Gasteiger partial charge in [-0.3, -0.25) is 9.88 Å². The van der Waals surface area contributed by atoms with Crippen LogP contribution < -0.4 is 0 Å². The van der Waals surface area contributed by atoms with Gasteiger partial charge in [0.25, 0.3) is 0 Å². The Labute approximate surface area is 166 Å². The van der Waals surface area contributed by atoms with Crippen LogP contribution in [0.4, 0.5) is 0 Å². The van der Waals surface area contributed by atoms with Crippen molar-refractivity contribution in [2.24, 2.45) is 0 Å². The molecule has 0 aliphatic carbocycles. The second kappa shape index (κ2) is 8.26. The molecule has 1 fully saturated rings. The Morgan fingerprint density at radius 3 is 2.25 bits per heavy atom. The van der Waals surface area contributed by atoms with Gasteiger partial charge in [0.15, 0.2) is 0 Å². The molecule has 0 saturated carbocycles. The van der Waals surface area contributed by atoms with Crippen LogP contribution in [0.2, 0.25) is 0 Å². The normalized spacial score (nSPS) is 17.1. The Balaban J connectivity index is 1.65. The van der Waals surface area contributed by atoms with Gasteiger partial charge in [0, 0.05) is 59.2 Å². The maximum Gasteiger partial charge on any atom is 0.244 e. The summed E-state index contributed by atoms with van der Waals surface area (Å²) in [5, 5.41) is 0. The lowest BCUT2D eigenvalue weighted by molar-refractivity contribution is 0.181. The third kappa shape index (κ3) is 4.41. The maximum atomic E-state index is 12.7. The van der Waals surface area contributed by atoms with Crippen LogP contribution in [0.15, 0.2) is 58.6 Å². The van der Waals surface area contributed by atoms with Gasteiger partial charge in [0.2, 0.25) is 20.0 Å². The van der Waals surface area contributed by atoms with Crippen molar-refractivity contribution in [3.8, 4) is 0 Å². The Morgan fingerprint density at radius 1 is 0.964 bits per heavy atom. The molecule has 3 rings (SSSR count). The van der Waals surface area contributed by atoms with E-state index in [1.165, 1.54) is 28.9 Å². The van der Waals surface area contributed by atoms with Gasteiger partial charge in [0.05, 0.1) is 4.90 Å². The summed E-state index contributed by atoms with van der Waals surface area (Å²) < 4.78 is 52.6. The molecular formula is C18H24N4O4S2. The molecule has 0 atom stereocenters. The summed E-state index contributed by atoms with van der Waals surface area (Å²) in [7, 11) is -4.00. The monoisotopic (exact) mass is 424 g/mol. The van der Waals surface area contributed by atoms with Crippen molar-refractivity contribution in [3.05, 3.63) is 54.4 Å². The van der Waals surface area contributed by atoms with Gasteiger partial charge in [0.1, 0.15) is 4.90 Å². The SMILES string of the molecule is CN(C)S(=O)(=O)c1cccc(CN2CCN(S(=O)(=O)c3cccnc3)CC2)c1. The summed E-state index contributed by atoms with van der Waals surface area (Å²) >= 11 is 0. The molecule has 8 nitrogen and oxygen atoms in total. The van der Waals surface area contributed by atoms with Crippen molar-refractivity contribution in [1.82, 2.24) is 18.5 Å². The molecule has 1 aliphatic heterocycles. The zero-order valence-corrected chi connectivity index (χ0v) is 17.5. The molecule has 0 spiro atoms. The highest BCUT2D eigenvalue weighted by Crippen LogP contribution is 2.19. The summed E-state index contributed by atoms with van der Waals surface area (Å²) in [5.41, 5.74) is 0.881. The lowest BCUT2D eigenvalue weighted by atomic mass is 10.2. The van der Waals surface area contributed by atoms with Crippen molar-refractivity contribution in [2.75, 3.05) is 40.3 Å².